The number of benzene rings is 1. The number of anilines is 1. The van der Waals surface area contributed by atoms with Crippen LogP contribution in [0, 0.1) is 0 Å². The number of thiophene rings is 1. The predicted octanol–water partition coefficient (Wildman–Crippen LogP) is 3.96. The SMILES string of the molecule is c1cc(-c2nc(N3CCOCC3)c3sc(CN4CCN5CCC[C@H]5C4)cc3n2)c2cc[nH]c2c1. The van der Waals surface area contributed by atoms with E-state index in [0.29, 0.717) is 0 Å². The largest absolute Gasteiger partial charge is 0.378 e. The highest BCUT2D eigenvalue weighted by atomic mass is 32.1. The minimum absolute atomic E-state index is 0.748. The summed E-state index contributed by atoms with van der Waals surface area (Å²) in [5.41, 5.74) is 3.27. The molecule has 34 heavy (non-hydrogen) atoms. The maximum absolute atomic E-state index is 5.64. The van der Waals surface area contributed by atoms with Crippen molar-refractivity contribution in [3.05, 3.63) is 41.4 Å². The minimum atomic E-state index is 0.748. The van der Waals surface area contributed by atoms with Crippen LogP contribution in [-0.2, 0) is 11.3 Å². The zero-order valence-electron chi connectivity index (χ0n) is 19.4. The summed E-state index contributed by atoms with van der Waals surface area (Å²) in [4.78, 5) is 22.7. The summed E-state index contributed by atoms with van der Waals surface area (Å²) in [6.07, 6.45) is 4.70. The number of nitrogens with one attached hydrogen (secondary N) is 1. The van der Waals surface area contributed by atoms with Crippen LogP contribution in [0.4, 0.5) is 5.82 Å². The van der Waals surface area contributed by atoms with Gasteiger partial charge < -0.3 is 14.6 Å². The molecule has 7 nitrogen and oxygen atoms in total. The molecule has 0 aliphatic carbocycles. The average Bonchev–Trinajstić information content (AvgIpc) is 3.62. The summed E-state index contributed by atoms with van der Waals surface area (Å²) in [6.45, 7) is 9.10. The van der Waals surface area contributed by atoms with Crippen LogP contribution in [-0.4, -0.2) is 83.3 Å². The Morgan fingerprint density at radius 1 is 1.06 bits per heavy atom. The number of hydrogen-bond acceptors (Lipinski definition) is 7. The van der Waals surface area contributed by atoms with E-state index in [4.69, 9.17) is 14.7 Å². The van der Waals surface area contributed by atoms with Gasteiger partial charge >= 0.3 is 0 Å². The van der Waals surface area contributed by atoms with Crippen molar-refractivity contribution >= 4 is 38.3 Å². The standard InChI is InChI=1S/C26H30N6OS/c1-4-21(20-6-7-27-22(20)5-1)25-28-23-15-19(17-30-9-10-31-8-2-3-18(31)16-30)34-24(23)26(29-25)32-11-13-33-14-12-32/h1,4-7,15,18,27H,2-3,8-14,16-17H2/t18-/m0/s1. The van der Waals surface area contributed by atoms with Gasteiger partial charge in [0.15, 0.2) is 11.6 Å². The van der Waals surface area contributed by atoms with Crippen LogP contribution in [0.3, 0.4) is 0 Å². The van der Waals surface area contributed by atoms with Crippen molar-refractivity contribution in [2.75, 3.05) is 57.4 Å². The zero-order chi connectivity index (χ0) is 22.5. The highest BCUT2D eigenvalue weighted by Crippen LogP contribution is 2.36. The number of aromatic amines is 1. The van der Waals surface area contributed by atoms with Crippen LogP contribution in [0.2, 0.25) is 0 Å². The predicted molar refractivity (Wildman–Crippen MR) is 138 cm³/mol. The molecule has 1 aromatic carbocycles. The number of morpholine rings is 1. The van der Waals surface area contributed by atoms with E-state index < -0.39 is 0 Å². The molecule has 0 unspecified atom stereocenters. The third-order valence-corrected chi connectivity index (χ3v) is 8.71. The topological polar surface area (TPSA) is 60.5 Å². The number of nitrogens with zero attached hydrogens (tertiary/aromatic N) is 5. The van der Waals surface area contributed by atoms with Crippen LogP contribution in [0.1, 0.15) is 17.7 Å². The molecule has 1 N–H and O–H groups in total. The smallest absolute Gasteiger partial charge is 0.162 e. The average molecular weight is 475 g/mol. The van der Waals surface area contributed by atoms with E-state index in [2.05, 4.69) is 50.0 Å². The Bertz CT molecular complexity index is 1330. The lowest BCUT2D eigenvalue weighted by molar-refractivity contribution is 0.100. The summed E-state index contributed by atoms with van der Waals surface area (Å²) >= 11 is 1.88. The van der Waals surface area contributed by atoms with Crippen molar-refractivity contribution in [1.82, 2.24) is 24.8 Å². The van der Waals surface area contributed by atoms with Gasteiger partial charge in [0, 0.05) is 72.9 Å². The van der Waals surface area contributed by atoms with Gasteiger partial charge in [0.2, 0.25) is 0 Å². The molecule has 3 saturated heterocycles. The van der Waals surface area contributed by atoms with E-state index in [1.807, 2.05) is 17.5 Å². The van der Waals surface area contributed by atoms with Gasteiger partial charge in [0.1, 0.15) is 0 Å². The number of fused-ring (bicyclic) bond motifs is 3. The number of ether oxygens (including phenoxy) is 1. The second kappa shape index (κ2) is 8.61. The van der Waals surface area contributed by atoms with E-state index in [0.717, 1.165) is 73.7 Å². The highest BCUT2D eigenvalue weighted by Gasteiger charge is 2.31. The second-order valence-corrected chi connectivity index (χ2v) is 10.8. The van der Waals surface area contributed by atoms with Crippen LogP contribution < -0.4 is 4.90 Å². The monoisotopic (exact) mass is 474 g/mol. The first kappa shape index (κ1) is 20.8. The van der Waals surface area contributed by atoms with Crippen molar-refractivity contribution in [2.24, 2.45) is 0 Å². The lowest BCUT2D eigenvalue weighted by atomic mass is 10.1. The van der Waals surface area contributed by atoms with Crippen LogP contribution in [0.5, 0.6) is 0 Å². The maximum Gasteiger partial charge on any atom is 0.162 e. The minimum Gasteiger partial charge on any atom is -0.378 e. The van der Waals surface area contributed by atoms with E-state index >= 15 is 0 Å². The third kappa shape index (κ3) is 3.69. The first-order valence-electron chi connectivity index (χ1n) is 12.5. The molecule has 0 radical (unpaired) electrons. The van der Waals surface area contributed by atoms with Crippen LogP contribution in [0.15, 0.2) is 36.5 Å². The van der Waals surface area contributed by atoms with Crippen molar-refractivity contribution in [3.8, 4) is 11.4 Å². The van der Waals surface area contributed by atoms with Crippen LogP contribution in [0.25, 0.3) is 32.5 Å². The molecule has 1 atom stereocenters. The number of H-pyrrole nitrogens is 1. The van der Waals surface area contributed by atoms with Gasteiger partial charge in [-0.1, -0.05) is 12.1 Å². The van der Waals surface area contributed by atoms with Crippen LogP contribution >= 0.6 is 11.3 Å². The molecule has 4 aromatic rings. The lowest BCUT2D eigenvalue weighted by Gasteiger charge is -2.37. The maximum atomic E-state index is 5.64. The summed E-state index contributed by atoms with van der Waals surface area (Å²) in [5.74, 6) is 1.87. The molecular weight excluding hydrogens is 444 g/mol. The molecule has 0 saturated carbocycles. The molecule has 0 spiro atoms. The lowest BCUT2D eigenvalue weighted by Crippen LogP contribution is -2.49. The summed E-state index contributed by atoms with van der Waals surface area (Å²) in [7, 11) is 0. The van der Waals surface area contributed by atoms with Gasteiger partial charge in [0.05, 0.1) is 23.4 Å². The molecular formula is C26H30N6OS. The van der Waals surface area contributed by atoms with Gasteiger partial charge in [0.25, 0.3) is 0 Å². The van der Waals surface area contributed by atoms with Crippen molar-refractivity contribution in [2.45, 2.75) is 25.4 Å². The fraction of sp³-hybridized carbons (Fsp3) is 0.462. The molecule has 6 heterocycles. The second-order valence-electron chi connectivity index (χ2n) is 9.71. The normalized spacial score (nSPS) is 22.1. The van der Waals surface area contributed by atoms with Crippen molar-refractivity contribution in [3.63, 3.8) is 0 Å². The fourth-order valence-corrected chi connectivity index (χ4v) is 7.01. The summed E-state index contributed by atoms with van der Waals surface area (Å²) in [6, 6.07) is 11.5. The van der Waals surface area contributed by atoms with Crippen molar-refractivity contribution in [1.29, 1.82) is 0 Å². The van der Waals surface area contributed by atoms with Gasteiger partial charge in [-0.05, 0) is 37.6 Å². The molecule has 3 aliphatic rings. The molecule has 3 fully saturated rings. The summed E-state index contributed by atoms with van der Waals surface area (Å²) in [5, 5.41) is 1.17. The number of piperazine rings is 1. The van der Waals surface area contributed by atoms with E-state index in [1.165, 1.54) is 47.4 Å². The van der Waals surface area contributed by atoms with E-state index in [9.17, 15) is 0 Å². The van der Waals surface area contributed by atoms with Crippen molar-refractivity contribution < 1.29 is 4.74 Å². The Balaban J connectivity index is 1.28. The molecule has 0 amide bonds. The quantitative estimate of drug-likeness (QED) is 0.483. The third-order valence-electron chi connectivity index (χ3n) is 7.60. The molecule has 176 valence electrons. The molecule has 3 aromatic heterocycles. The Labute approximate surface area is 203 Å². The number of hydrogen-bond donors (Lipinski definition) is 1. The Kier molecular flexibility index (Phi) is 5.27. The Morgan fingerprint density at radius 2 is 2.00 bits per heavy atom. The van der Waals surface area contributed by atoms with E-state index in [1.54, 1.807) is 0 Å². The summed E-state index contributed by atoms with van der Waals surface area (Å²) < 4.78 is 6.85. The van der Waals surface area contributed by atoms with Gasteiger partial charge in [-0.25, -0.2) is 9.97 Å². The molecule has 8 heteroatoms. The first-order chi connectivity index (χ1) is 16.8. The number of rotatable bonds is 4. The first-order valence-corrected chi connectivity index (χ1v) is 13.3. The molecule has 0 bridgehead atoms. The van der Waals surface area contributed by atoms with E-state index in [-0.39, 0.29) is 0 Å². The van der Waals surface area contributed by atoms with Gasteiger partial charge in [-0.15, -0.1) is 11.3 Å². The highest BCUT2D eigenvalue weighted by molar-refractivity contribution is 7.19. The zero-order valence-corrected chi connectivity index (χ0v) is 20.2. The van der Waals surface area contributed by atoms with Gasteiger partial charge in [-0.3, -0.25) is 9.80 Å². The molecule has 7 rings (SSSR count). The Hall–Kier alpha value is -2.52. The van der Waals surface area contributed by atoms with Gasteiger partial charge in [-0.2, -0.15) is 0 Å². The Morgan fingerprint density at radius 3 is 2.94 bits per heavy atom. The fourth-order valence-electron chi connectivity index (χ4n) is 5.85. The molecule has 3 aliphatic heterocycles. The number of aromatic nitrogens is 3.